The van der Waals surface area contributed by atoms with Gasteiger partial charge in [-0.3, -0.25) is 9.69 Å². The van der Waals surface area contributed by atoms with E-state index in [0.717, 1.165) is 19.3 Å². The molecular weight excluding hydrogens is 359 g/mol. The van der Waals surface area contributed by atoms with Crippen molar-refractivity contribution in [1.82, 2.24) is 9.88 Å². The Morgan fingerprint density at radius 2 is 2.21 bits per heavy atom. The summed E-state index contributed by atoms with van der Waals surface area (Å²) in [5, 5.41) is 0. The van der Waals surface area contributed by atoms with Crippen molar-refractivity contribution >= 4 is 11.9 Å². The summed E-state index contributed by atoms with van der Waals surface area (Å²) >= 11 is 0. The number of nitrogens with zero attached hydrogens (tertiary/aromatic N) is 3. The zero-order valence-electron chi connectivity index (χ0n) is 16.0. The molecule has 0 fully saturated rings. The first-order valence-electron chi connectivity index (χ1n) is 9.52. The van der Waals surface area contributed by atoms with E-state index in [-0.39, 0.29) is 18.0 Å². The molecule has 1 spiro atoms. The average Bonchev–Trinajstić information content (AvgIpc) is 2.91. The number of benzene rings is 1. The number of pyridine rings is 1. The lowest BCUT2D eigenvalue weighted by molar-refractivity contribution is -0.132. The molecule has 0 saturated carbocycles. The van der Waals surface area contributed by atoms with E-state index in [1.54, 1.807) is 37.4 Å². The lowest BCUT2D eigenvalue weighted by Crippen LogP contribution is -2.45. The van der Waals surface area contributed by atoms with E-state index in [9.17, 15) is 9.18 Å². The molecule has 6 nitrogen and oxygen atoms in total. The predicted molar refractivity (Wildman–Crippen MR) is 104 cm³/mol. The Hall–Kier alpha value is -2.96. The fourth-order valence-corrected chi connectivity index (χ4v) is 3.99. The highest BCUT2D eigenvalue weighted by Crippen LogP contribution is 2.47. The van der Waals surface area contributed by atoms with Crippen molar-refractivity contribution in [1.29, 1.82) is 0 Å². The zero-order valence-corrected chi connectivity index (χ0v) is 16.0. The minimum atomic E-state index is -1.13. The van der Waals surface area contributed by atoms with Gasteiger partial charge in [0.15, 0.2) is 11.5 Å². The van der Waals surface area contributed by atoms with Gasteiger partial charge in [-0.2, -0.15) is 4.39 Å². The minimum absolute atomic E-state index is 0.125. The van der Waals surface area contributed by atoms with Gasteiger partial charge in [-0.05, 0) is 36.2 Å². The quantitative estimate of drug-likeness (QED) is 0.824. The number of carbonyl (C=O) groups is 1. The number of rotatable bonds is 4. The van der Waals surface area contributed by atoms with Crippen LogP contribution in [-0.2, 0) is 10.3 Å². The summed E-state index contributed by atoms with van der Waals surface area (Å²) < 4.78 is 20.4. The van der Waals surface area contributed by atoms with E-state index in [1.807, 2.05) is 0 Å². The Morgan fingerprint density at radius 3 is 2.89 bits per heavy atom. The van der Waals surface area contributed by atoms with Crippen molar-refractivity contribution in [2.75, 3.05) is 7.05 Å². The van der Waals surface area contributed by atoms with Crippen LogP contribution < -0.4 is 10.5 Å². The van der Waals surface area contributed by atoms with Gasteiger partial charge >= 0.3 is 0 Å². The molecule has 7 heteroatoms. The smallest absolute Gasteiger partial charge is 0.261 e. The van der Waals surface area contributed by atoms with E-state index < -0.39 is 11.5 Å². The molecule has 4 rings (SSSR count). The topological polar surface area (TPSA) is 80.8 Å². The van der Waals surface area contributed by atoms with Crippen LogP contribution in [0.3, 0.4) is 0 Å². The Kier molecular flexibility index (Phi) is 4.53. The third-order valence-corrected chi connectivity index (χ3v) is 5.50. The fourth-order valence-electron chi connectivity index (χ4n) is 3.99. The van der Waals surface area contributed by atoms with Crippen LogP contribution >= 0.6 is 0 Å². The van der Waals surface area contributed by atoms with Crippen molar-refractivity contribution in [3.05, 3.63) is 48.0 Å². The summed E-state index contributed by atoms with van der Waals surface area (Å²) in [7, 11) is 1.62. The number of ether oxygens (including phenoxy) is 1. The summed E-state index contributed by atoms with van der Waals surface area (Å²) in [6.45, 7) is 2.12. The van der Waals surface area contributed by atoms with Gasteiger partial charge in [0.05, 0.1) is 0 Å². The van der Waals surface area contributed by atoms with Gasteiger partial charge in [0.25, 0.3) is 5.91 Å². The number of aliphatic imine (C=N–C) groups is 1. The lowest BCUT2D eigenvalue weighted by atomic mass is 9.79. The molecule has 2 aliphatic rings. The summed E-state index contributed by atoms with van der Waals surface area (Å²) in [6, 6.07) is 8.68. The second-order valence-corrected chi connectivity index (χ2v) is 7.33. The van der Waals surface area contributed by atoms with Gasteiger partial charge < -0.3 is 10.5 Å². The molecule has 2 N–H and O–H groups in total. The van der Waals surface area contributed by atoms with Crippen LogP contribution in [-0.4, -0.2) is 34.9 Å². The zero-order chi connectivity index (χ0) is 19.9. The molecule has 0 aliphatic carbocycles. The van der Waals surface area contributed by atoms with Crippen LogP contribution in [0.1, 0.15) is 38.2 Å². The van der Waals surface area contributed by atoms with E-state index >= 15 is 0 Å². The van der Waals surface area contributed by atoms with Crippen molar-refractivity contribution < 1.29 is 13.9 Å². The number of guanidine groups is 1. The highest BCUT2D eigenvalue weighted by atomic mass is 19.1. The number of hydrogen-bond donors (Lipinski definition) is 1. The number of nitrogens with two attached hydrogens (primary N) is 1. The largest absolute Gasteiger partial charge is 0.490 e. The number of hydrogen-bond acceptors (Lipinski definition) is 5. The fraction of sp³-hybridized carbons (Fsp3) is 0.381. The first-order chi connectivity index (χ1) is 13.5. The van der Waals surface area contributed by atoms with Gasteiger partial charge in [0.1, 0.15) is 11.9 Å². The molecule has 28 heavy (non-hydrogen) atoms. The van der Waals surface area contributed by atoms with Gasteiger partial charge in [-0.25, -0.2) is 9.98 Å². The number of likely N-dealkylation sites (N-methyl/N-ethyl adjacent to an activating group) is 1. The Bertz CT molecular complexity index is 961. The molecule has 2 aromatic rings. The molecule has 1 aromatic carbocycles. The molecule has 146 valence electrons. The van der Waals surface area contributed by atoms with Crippen LogP contribution in [0.4, 0.5) is 4.39 Å². The summed E-state index contributed by atoms with van der Waals surface area (Å²) in [4.78, 5) is 22.9. The lowest BCUT2D eigenvalue weighted by Gasteiger charge is -2.37. The highest BCUT2D eigenvalue weighted by molar-refractivity contribution is 6.07. The minimum Gasteiger partial charge on any atom is -0.490 e. The van der Waals surface area contributed by atoms with E-state index in [0.29, 0.717) is 28.9 Å². The van der Waals surface area contributed by atoms with Crippen molar-refractivity contribution in [2.45, 2.75) is 44.2 Å². The number of fused-ring (bicyclic) bond motifs is 2. The summed E-state index contributed by atoms with van der Waals surface area (Å²) in [5.41, 5.74) is 6.48. The van der Waals surface area contributed by atoms with E-state index in [2.05, 4.69) is 16.9 Å². The van der Waals surface area contributed by atoms with Crippen molar-refractivity contribution in [2.24, 2.45) is 10.7 Å². The molecule has 2 aliphatic heterocycles. The van der Waals surface area contributed by atoms with Crippen LogP contribution in [0, 0.1) is 5.95 Å². The van der Waals surface area contributed by atoms with Crippen molar-refractivity contribution in [3.8, 4) is 16.9 Å². The number of aromatic nitrogens is 1. The van der Waals surface area contributed by atoms with Crippen LogP contribution in [0.2, 0.25) is 0 Å². The Balaban J connectivity index is 1.85. The van der Waals surface area contributed by atoms with Gasteiger partial charge in [-0.15, -0.1) is 0 Å². The van der Waals surface area contributed by atoms with Crippen molar-refractivity contribution in [3.63, 3.8) is 0 Å². The molecule has 3 heterocycles. The number of carbonyl (C=O) groups excluding carboxylic acids is 1. The Labute approximate surface area is 163 Å². The normalized spacial score (nSPS) is 23.5. The number of halogens is 1. The maximum atomic E-state index is 14.2. The third-order valence-electron chi connectivity index (χ3n) is 5.50. The predicted octanol–water partition coefficient (Wildman–Crippen LogP) is 3.21. The van der Waals surface area contributed by atoms with E-state index in [1.165, 1.54) is 11.1 Å². The standard InChI is InChI=1S/C21H23FN4O2/c1-3-4-6-14-12-21(19(27)26(2)20(23)25-21)16-11-13(8-9-17(16)28-14)15-7-5-10-24-18(15)22/h5,7-11,14H,3-4,6,12H2,1-2H3,(H2,23,25)/t14-,21?/m0/s1. The average molecular weight is 382 g/mol. The molecule has 0 saturated heterocycles. The number of amides is 1. The molecule has 1 unspecified atom stereocenters. The monoisotopic (exact) mass is 382 g/mol. The SMILES string of the molecule is CCCC[C@H]1CC2(N=C(N)N(C)C2=O)c2cc(-c3cccnc3F)ccc2O1. The van der Waals surface area contributed by atoms with E-state index in [4.69, 9.17) is 10.5 Å². The van der Waals surface area contributed by atoms with Gasteiger partial charge in [-0.1, -0.05) is 25.8 Å². The maximum Gasteiger partial charge on any atom is 0.261 e. The van der Waals surface area contributed by atoms with Crippen LogP contribution in [0.25, 0.3) is 11.1 Å². The molecule has 1 amide bonds. The highest BCUT2D eigenvalue weighted by Gasteiger charge is 2.53. The maximum absolute atomic E-state index is 14.2. The number of unbranched alkanes of at least 4 members (excludes halogenated alkanes) is 1. The Morgan fingerprint density at radius 1 is 1.39 bits per heavy atom. The molecule has 1 aromatic heterocycles. The van der Waals surface area contributed by atoms with Crippen LogP contribution in [0.15, 0.2) is 41.5 Å². The molecule has 2 atom stereocenters. The van der Waals surface area contributed by atoms with Gasteiger partial charge in [0, 0.05) is 30.8 Å². The second-order valence-electron chi connectivity index (χ2n) is 7.33. The molecule has 0 radical (unpaired) electrons. The van der Waals surface area contributed by atoms with Crippen LogP contribution in [0.5, 0.6) is 5.75 Å². The van der Waals surface area contributed by atoms with Gasteiger partial charge in [0.2, 0.25) is 5.95 Å². The second kappa shape index (κ2) is 6.89. The summed E-state index contributed by atoms with van der Waals surface area (Å²) in [6.07, 6.45) is 4.57. The summed E-state index contributed by atoms with van der Waals surface area (Å²) in [5.74, 6) is 0.0393. The first-order valence-corrected chi connectivity index (χ1v) is 9.52. The molecular formula is C21H23FN4O2. The molecule has 0 bridgehead atoms. The first kappa shape index (κ1) is 18.4. The third kappa shape index (κ3) is 2.82.